The van der Waals surface area contributed by atoms with Crippen molar-refractivity contribution in [3.8, 4) is 0 Å². The predicted octanol–water partition coefficient (Wildman–Crippen LogP) is 12.2. The highest BCUT2D eigenvalue weighted by Gasteiger charge is 2.23. The van der Waals surface area contributed by atoms with Crippen LogP contribution in [0.5, 0.6) is 0 Å². The first-order valence-electron chi connectivity index (χ1n) is 19.6. The molecule has 0 radical (unpaired) electrons. The third kappa shape index (κ3) is 12.1. The summed E-state index contributed by atoms with van der Waals surface area (Å²) >= 11 is 0. The molecular weight excluding hydrogens is 593 g/mol. The highest BCUT2D eigenvalue weighted by Crippen LogP contribution is 2.36. The van der Waals surface area contributed by atoms with E-state index in [0.717, 1.165) is 51.6 Å². The molecule has 0 fully saturated rings. The molecule has 0 aromatic heterocycles. The highest BCUT2D eigenvalue weighted by atomic mass is 15.2. The first-order chi connectivity index (χ1) is 23.5. The first kappa shape index (κ1) is 40.5. The van der Waals surface area contributed by atoms with Crippen LogP contribution in [0.25, 0.3) is 0 Å². The zero-order valence-corrected chi connectivity index (χ0v) is 33.2. The monoisotopic (exact) mass is 663 g/mol. The maximum absolute atomic E-state index is 2.65. The van der Waals surface area contributed by atoms with Crippen molar-refractivity contribution in [2.24, 2.45) is 0 Å². The summed E-state index contributed by atoms with van der Waals surface area (Å²) in [5.74, 6) is 0.859. The summed E-state index contributed by atoms with van der Waals surface area (Å²) in [4.78, 5) is 5.14. The van der Waals surface area contributed by atoms with Crippen molar-refractivity contribution in [2.75, 3.05) is 20.1 Å². The predicted molar refractivity (Wildman–Crippen MR) is 217 cm³/mol. The molecule has 268 valence electrons. The first-order valence-corrected chi connectivity index (χ1v) is 19.6. The molecule has 2 unspecified atom stereocenters. The van der Waals surface area contributed by atoms with Crippen LogP contribution in [0, 0.1) is 13.8 Å². The molecule has 2 nitrogen and oxygen atoms in total. The van der Waals surface area contributed by atoms with Gasteiger partial charge in [-0.1, -0.05) is 104 Å². The van der Waals surface area contributed by atoms with Crippen LogP contribution in [0.4, 0.5) is 0 Å². The Kier molecular flexibility index (Phi) is 17.1. The summed E-state index contributed by atoms with van der Waals surface area (Å²) in [6.45, 7) is 24.7. The Hall–Kier alpha value is -2.94. The van der Waals surface area contributed by atoms with Crippen LogP contribution in [0.2, 0.25) is 0 Å². The summed E-state index contributed by atoms with van der Waals surface area (Å²) < 4.78 is 0. The molecule has 3 aromatic carbocycles. The van der Waals surface area contributed by atoms with Gasteiger partial charge in [-0.05, 0) is 159 Å². The molecule has 0 aliphatic heterocycles. The third-order valence-corrected chi connectivity index (χ3v) is 10.6. The van der Waals surface area contributed by atoms with Gasteiger partial charge in [0.25, 0.3) is 0 Å². The van der Waals surface area contributed by atoms with E-state index in [1.54, 1.807) is 0 Å². The van der Waals surface area contributed by atoms with E-state index < -0.39 is 0 Å². The quantitative estimate of drug-likeness (QED) is 0.142. The molecule has 2 atom stereocenters. The van der Waals surface area contributed by atoms with Gasteiger partial charge in [-0.15, -0.1) is 0 Å². The Morgan fingerprint density at radius 1 is 0.673 bits per heavy atom. The van der Waals surface area contributed by atoms with Crippen LogP contribution < -0.4 is 0 Å². The largest absolute Gasteiger partial charge is 0.304 e. The number of hydrogen-bond donors (Lipinski definition) is 0. The molecule has 0 heterocycles. The molecule has 4 rings (SSSR count). The van der Waals surface area contributed by atoms with E-state index in [9.17, 15) is 0 Å². The number of hydrogen-bond acceptors (Lipinski definition) is 2. The van der Waals surface area contributed by atoms with Gasteiger partial charge in [-0.3, -0.25) is 4.90 Å². The molecule has 2 heteroatoms. The Morgan fingerprint density at radius 3 is 2.00 bits per heavy atom. The minimum absolute atomic E-state index is 0.409. The van der Waals surface area contributed by atoms with E-state index in [1.165, 1.54) is 50.9 Å². The maximum Gasteiger partial charge on any atom is 0.0104 e. The van der Waals surface area contributed by atoms with Crippen molar-refractivity contribution in [1.29, 1.82) is 0 Å². The second-order valence-corrected chi connectivity index (χ2v) is 15.0. The molecular formula is C47H70N2. The third-order valence-electron chi connectivity index (χ3n) is 10.6. The van der Waals surface area contributed by atoms with E-state index in [2.05, 4.69) is 157 Å². The topological polar surface area (TPSA) is 6.48 Å². The molecule has 0 amide bonds. The summed E-state index contributed by atoms with van der Waals surface area (Å²) in [5.41, 5.74) is 11.8. The lowest BCUT2D eigenvalue weighted by molar-refractivity contribution is 0.170. The average Bonchev–Trinajstić information content (AvgIpc) is 3.10. The minimum Gasteiger partial charge on any atom is -0.304 e. The van der Waals surface area contributed by atoms with Gasteiger partial charge >= 0.3 is 0 Å². The summed E-state index contributed by atoms with van der Waals surface area (Å²) in [5, 5.41) is 0. The molecule has 49 heavy (non-hydrogen) atoms. The smallest absolute Gasteiger partial charge is 0.0104 e. The molecule has 1 aliphatic rings. The highest BCUT2D eigenvalue weighted by molar-refractivity contribution is 5.43. The normalized spacial score (nSPS) is 14.4. The second-order valence-electron chi connectivity index (χ2n) is 15.0. The van der Waals surface area contributed by atoms with Crippen LogP contribution in [0.1, 0.15) is 138 Å². The van der Waals surface area contributed by atoms with Crippen molar-refractivity contribution in [1.82, 2.24) is 9.80 Å². The van der Waals surface area contributed by atoms with Crippen LogP contribution >= 0.6 is 0 Å². The molecule has 1 aliphatic carbocycles. The number of aryl methyl sites for hydroxylation is 4. The molecule has 3 aromatic rings. The number of nitrogens with zero attached hydrogens (tertiary/aromatic N) is 2. The van der Waals surface area contributed by atoms with Crippen LogP contribution in [-0.2, 0) is 12.8 Å². The Balaban J connectivity index is 0.00000319. The second kappa shape index (κ2) is 20.7. The minimum atomic E-state index is 0.409. The molecule has 0 spiro atoms. The number of benzene rings is 3. The Bertz CT molecular complexity index is 1440. The van der Waals surface area contributed by atoms with Gasteiger partial charge in [-0.2, -0.15) is 0 Å². The van der Waals surface area contributed by atoms with Gasteiger partial charge in [-0.25, -0.2) is 0 Å². The van der Waals surface area contributed by atoms with Crippen LogP contribution in [0.3, 0.4) is 0 Å². The molecule has 0 N–H and O–H groups in total. The fourth-order valence-corrected chi connectivity index (χ4v) is 7.53. The standard InChI is InChI=1S/C45H64N2.C2H6/c1-33(2)46(9)29-27-43(40-20-14-11-15-21-40)45-31-36(7)23-26-41(45)22-16-17-38-25-24-37(8)44(32-38)42(39-18-12-10-13-19-39)28-30-47(34(3)4)35(5)6;1-2/h11-12,14-15,18-21,23-26,31-35,42-43H,10,13,16-17,22,27-30H2,1-9H3;1-2H3. The summed E-state index contributed by atoms with van der Waals surface area (Å²) in [6, 6.07) is 27.4. The molecule has 0 bridgehead atoms. The maximum atomic E-state index is 2.65. The molecule has 0 saturated heterocycles. The van der Waals surface area contributed by atoms with Crippen molar-refractivity contribution in [3.63, 3.8) is 0 Å². The average molecular weight is 663 g/mol. The number of allylic oxidation sites excluding steroid dienone is 4. The van der Waals surface area contributed by atoms with E-state index in [4.69, 9.17) is 0 Å². The lowest BCUT2D eigenvalue weighted by Crippen LogP contribution is -2.38. The lowest BCUT2D eigenvalue weighted by Gasteiger charge is -2.33. The van der Waals surface area contributed by atoms with Crippen molar-refractivity contribution >= 4 is 0 Å². The van der Waals surface area contributed by atoms with E-state index in [-0.39, 0.29) is 0 Å². The van der Waals surface area contributed by atoms with Crippen LogP contribution in [-0.4, -0.2) is 48.1 Å². The van der Waals surface area contributed by atoms with E-state index in [0.29, 0.717) is 30.0 Å². The summed E-state index contributed by atoms with van der Waals surface area (Å²) in [7, 11) is 2.26. The van der Waals surface area contributed by atoms with Gasteiger partial charge in [0.2, 0.25) is 0 Å². The van der Waals surface area contributed by atoms with Crippen molar-refractivity contribution in [3.05, 3.63) is 129 Å². The van der Waals surface area contributed by atoms with Gasteiger partial charge in [0.05, 0.1) is 0 Å². The summed E-state index contributed by atoms with van der Waals surface area (Å²) in [6.07, 6.45) is 15.3. The van der Waals surface area contributed by atoms with E-state index >= 15 is 0 Å². The zero-order chi connectivity index (χ0) is 35.9. The molecule has 0 saturated carbocycles. The van der Waals surface area contributed by atoms with Gasteiger partial charge in [0, 0.05) is 30.0 Å². The van der Waals surface area contributed by atoms with Crippen molar-refractivity contribution < 1.29 is 0 Å². The van der Waals surface area contributed by atoms with Gasteiger partial charge in [0.1, 0.15) is 0 Å². The fraction of sp³-hybridized carbons (Fsp3) is 0.532. The Morgan fingerprint density at radius 2 is 1.37 bits per heavy atom. The lowest BCUT2D eigenvalue weighted by atomic mass is 9.82. The van der Waals surface area contributed by atoms with Crippen molar-refractivity contribution in [2.45, 2.75) is 144 Å². The van der Waals surface area contributed by atoms with E-state index in [1.807, 2.05) is 13.8 Å². The van der Waals surface area contributed by atoms with Crippen LogP contribution in [0.15, 0.2) is 90.5 Å². The van der Waals surface area contributed by atoms with Gasteiger partial charge in [0.15, 0.2) is 0 Å². The number of rotatable bonds is 17. The van der Waals surface area contributed by atoms with Gasteiger partial charge < -0.3 is 4.90 Å². The SMILES string of the molecule is CC.Cc1ccc(CCCc2ccc(C)c(C(CCN(C(C)C)C(C)C)C3=CCCC=C3)c2)c(C(CCN(C)C(C)C)c2ccccc2)c1. The zero-order valence-electron chi connectivity index (χ0n) is 33.2. The Labute approximate surface area is 302 Å². The fourth-order valence-electron chi connectivity index (χ4n) is 7.53.